The predicted molar refractivity (Wildman–Crippen MR) is 116 cm³/mol. The molecule has 3 N–H and O–H groups in total. The second-order valence-corrected chi connectivity index (χ2v) is 6.40. The van der Waals surface area contributed by atoms with Gasteiger partial charge in [-0.1, -0.05) is 6.07 Å². The van der Waals surface area contributed by atoms with Crippen LogP contribution < -0.4 is 25.4 Å². The van der Waals surface area contributed by atoms with Crippen LogP contribution in [0.3, 0.4) is 0 Å². The molecular weight excluding hydrogens is 406 g/mol. The topological polar surface area (TPSA) is 102 Å². The Morgan fingerprint density at radius 2 is 1.60 bits per heavy atom. The van der Waals surface area contributed by atoms with E-state index in [0.717, 1.165) is 0 Å². The van der Waals surface area contributed by atoms with Gasteiger partial charge in [0.25, 0.3) is 11.8 Å². The molecule has 2 aromatic carbocycles. The lowest BCUT2D eigenvalue weighted by molar-refractivity contribution is 0.0974. The number of furan rings is 1. The molecule has 30 heavy (non-hydrogen) atoms. The fourth-order valence-electron chi connectivity index (χ4n) is 2.59. The number of benzene rings is 2. The van der Waals surface area contributed by atoms with Gasteiger partial charge < -0.3 is 24.5 Å². The molecule has 0 aliphatic heterocycles. The summed E-state index contributed by atoms with van der Waals surface area (Å²) in [7, 11) is 3.01. The molecule has 0 fully saturated rings. The lowest BCUT2D eigenvalue weighted by atomic mass is 10.2. The summed E-state index contributed by atoms with van der Waals surface area (Å²) in [6, 6.07) is 14.9. The highest BCUT2D eigenvalue weighted by Crippen LogP contribution is 2.27. The maximum atomic E-state index is 12.5. The first-order chi connectivity index (χ1) is 14.5. The first kappa shape index (κ1) is 20.9. The number of hydrogen-bond acceptors (Lipinski definition) is 6. The van der Waals surface area contributed by atoms with Gasteiger partial charge in [0.2, 0.25) is 0 Å². The fraction of sp³-hybridized carbons (Fsp3) is 0.0952. The molecule has 0 spiro atoms. The molecule has 2 amide bonds. The Morgan fingerprint density at radius 1 is 0.867 bits per heavy atom. The average molecular weight is 425 g/mol. The highest BCUT2D eigenvalue weighted by Gasteiger charge is 2.13. The minimum atomic E-state index is -0.407. The van der Waals surface area contributed by atoms with Gasteiger partial charge in [-0.2, -0.15) is 0 Å². The summed E-state index contributed by atoms with van der Waals surface area (Å²) in [6.07, 6.45) is 1.42. The molecule has 3 rings (SSSR count). The van der Waals surface area contributed by atoms with Crippen LogP contribution in [0.15, 0.2) is 65.3 Å². The Balaban J connectivity index is 1.62. The van der Waals surface area contributed by atoms with E-state index in [9.17, 15) is 9.59 Å². The van der Waals surface area contributed by atoms with Crippen molar-refractivity contribution in [3.63, 3.8) is 0 Å². The Labute approximate surface area is 178 Å². The molecule has 0 aliphatic rings. The lowest BCUT2D eigenvalue weighted by Crippen LogP contribution is -2.34. The highest BCUT2D eigenvalue weighted by atomic mass is 32.1. The third-order valence-electron chi connectivity index (χ3n) is 4.00. The normalized spacial score (nSPS) is 10.1. The summed E-state index contributed by atoms with van der Waals surface area (Å²) >= 11 is 5.22. The zero-order valence-corrected chi connectivity index (χ0v) is 17.0. The van der Waals surface area contributed by atoms with Gasteiger partial charge in [0.1, 0.15) is 0 Å². The number of anilines is 2. The zero-order valence-electron chi connectivity index (χ0n) is 16.2. The minimum absolute atomic E-state index is 0.101. The number of nitrogens with one attached hydrogen (secondary N) is 3. The van der Waals surface area contributed by atoms with E-state index < -0.39 is 5.91 Å². The van der Waals surface area contributed by atoms with Crippen molar-refractivity contribution in [3.8, 4) is 11.5 Å². The van der Waals surface area contributed by atoms with E-state index >= 15 is 0 Å². The summed E-state index contributed by atoms with van der Waals surface area (Å²) in [5.74, 6) is 0.371. The van der Waals surface area contributed by atoms with E-state index in [-0.39, 0.29) is 16.8 Å². The molecule has 0 bridgehead atoms. The molecule has 1 heterocycles. The van der Waals surface area contributed by atoms with Crippen molar-refractivity contribution in [2.45, 2.75) is 0 Å². The van der Waals surface area contributed by atoms with Crippen molar-refractivity contribution in [2.24, 2.45) is 0 Å². The van der Waals surface area contributed by atoms with Gasteiger partial charge in [-0.05, 0) is 60.7 Å². The number of thiocarbonyl (C=S) groups is 1. The maximum absolute atomic E-state index is 12.5. The van der Waals surface area contributed by atoms with Gasteiger partial charge in [0, 0.05) is 16.9 Å². The number of rotatable bonds is 6. The van der Waals surface area contributed by atoms with E-state index in [0.29, 0.717) is 28.4 Å². The van der Waals surface area contributed by atoms with Crippen LogP contribution in [0.2, 0.25) is 0 Å². The second kappa shape index (κ2) is 9.57. The number of amides is 2. The Morgan fingerprint density at radius 3 is 2.27 bits per heavy atom. The molecule has 0 unspecified atom stereocenters. The first-order valence-corrected chi connectivity index (χ1v) is 9.20. The monoisotopic (exact) mass is 425 g/mol. The van der Waals surface area contributed by atoms with Crippen LogP contribution in [-0.4, -0.2) is 31.1 Å². The van der Waals surface area contributed by atoms with Crippen LogP contribution in [0, 0.1) is 0 Å². The third kappa shape index (κ3) is 5.15. The average Bonchev–Trinajstić information content (AvgIpc) is 3.28. The largest absolute Gasteiger partial charge is 0.493 e. The number of carbonyl (C=O) groups is 2. The van der Waals surface area contributed by atoms with Crippen molar-refractivity contribution in [1.82, 2.24) is 5.32 Å². The van der Waals surface area contributed by atoms with Crippen molar-refractivity contribution >= 4 is 40.5 Å². The van der Waals surface area contributed by atoms with Crippen molar-refractivity contribution in [2.75, 3.05) is 24.9 Å². The summed E-state index contributed by atoms with van der Waals surface area (Å²) in [6.45, 7) is 0. The molecule has 0 aliphatic carbocycles. The van der Waals surface area contributed by atoms with Gasteiger partial charge in [0.15, 0.2) is 22.4 Å². The van der Waals surface area contributed by atoms with Gasteiger partial charge in [-0.25, -0.2) is 0 Å². The van der Waals surface area contributed by atoms with Crippen molar-refractivity contribution in [3.05, 3.63) is 72.2 Å². The van der Waals surface area contributed by atoms with Crippen LogP contribution in [0.1, 0.15) is 20.9 Å². The molecule has 8 nitrogen and oxygen atoms in total. The predicted octanol–water partition coefficient (Wildman–Crippen LogP) is 3.68. The van der Waals surface area contributed by atoms with E-state index in [1.807, 2.05) is 0 Å². The SMILES string of the molecule is COc1ccc(C(=O)NC(=S)Nc2cccc(NC(=O)c3ccco3)c2)cc1OC. The molecular formula is C21H19N3O5S. The molecule has 0 saturated heterocycles. The van der Waals surface area contributed by atoms with Crippen LogP contribution in [0.25, 0.3) is 0 Å². The molecule has 3 aromatic rings. The van der Waals surface area contributed by atoms with E-state index in [1.165, 1.54) is 20.5 Å². The second-order valence-electron chi connectivity index (χ2n) is 5.99. The molecule has 9 heteroatoms. The molecule has 0 radical (unpaired) electrons. The van der Waals surface area contributed by atoms with E-state index in [2.05, 4.69) is 16.0 Å². The van der Waals surface area contributed by atoms with Gasteiger partial charge in [-0.3, -0.25) is 14.9 Å². The first-order valence-electron chi connectivity index (χ1n) is 8.79. The zero-order chi connectivity index (χ0) is 21.5. The van der Waals surface area contributed by atoms with Crippen molar-refractivity contribution in [1.29, 1.82) is 0 Å². The quantitative estimate of drug-likeness (QED) is 0.518. The van der Waals surface area contributed by atoms with Crippen LogP contribution in [0.4, 0.5) is 11.4 Å². The third-order valence-corrected chi connectivity index (χ3v) is 4.20. The number of carbonyl (C=O) groups excluding carboxylic acids is 2. The smallest absolute Gasteiger partial charge is 0.291 e. The van der Waals surface area contributed by atoms with Crippen LogP contribution in [0.5, 0.6) is 11.5 Å². The van der Waals surface area contributed by atoms with Crippen molar-refractivity contribution < 1.29 is 23.5 Å². The van der Waals surface area contributed by atoms with E-state index in [4.69, 9.17) is 26.1 Å². The number of methoxy groups -OCH3 is 2. The fourth-order valence-corrected chi connectivity index (χ4v) is 2.80. The Kier molecular flexibility index (Phi) is 6.66. The molecule has 0 atom stereocenters. The summed E-state index contributed by atoms with van der Waals surface area (Å²) in [5.41, 5.74) is 1.48. The standard InChI is InChI=1S/C21H19N3O5S/c1-27-16-9-8-13(11-18(16)28-2)19(25)24-21(30)23-15-6-3-5-14(12-15)22-20(26)17-7-4-10-29-17/h3-12H,1-2H3,(H,22,26)(H2,23,24,25,30). The molecule has 0 saturated carbocycles. The van der Waals surface area contributed by atoms with Crippen LogP contribution in [-0.2, 0) is 0 Å². The Hall–Kier alpha value is -3.85. The summed E-state index contributed by atoms with van der Waals surface area (Å²) < 4.78 is 15.4. The van der Waals surface area contributed by atoms with E-state index in [1.54, 1.807) is 54.6 Å². The van der Waals surface area contributed by atoms with Gasteiger partial charge in [0.05, 0.1) is 20.5 Å². The molecule has 1 aromatic heterocycles. The molecule has 154 valence electrons. The summed E-state index contributed by atoms with van der Waals surface area (Å²) in [5, 5.41) is 8.33. The minimum Gasteiger partial charge on any atom is -0.493 e. The van der Waals surface area contributed by atoms with Gasteiger partial charge >= 0.3 is 0 Å². The summed E-state index contributed by atoms with van der Waals surface area (Å²) in [4.78, 5) is 24.5. The Bertz CT molecular complexity index is 1070. The van der Waals surface area contributed by atoms with Crippen LogP contribution >= 0.6 is 12.2 Å². The van der Waals surface area contributed by atoms with Gasteiger partial charge in [-0.15, -0.1) is 0 Å². The number of ether oxygens (including phenoxy) is 2. The highest BCUT2D eigenvalue weighted by molar-refractivity contribution is 7.80. The lowest BCUT2D eigenvalue weighted by Gasteiger charge is -2.12. The maximum Gasteiger partial charge on any atom is 0.291 e. The number of hydrogen-bond donors (Lipinski definition) is 3.